The van der Waals surface area contributed by atoms with Crippen molar-refractivity contribution in [2.75, 3.05) is 23.8 Å². The predicted molar refractivity (Wildman–Crippen MR) is 73.5 cm³/mol. The molecule has 1 atom stereocenters. The zero-order valence-electron chi connectivity index (χ0n) is 10.5. The number of nitrogens with one attached hydrogen (secondary N) is 2. The molecule has 1 heterocycles. The standard InChI is InChI=1S/C13H17ClN2O2/c1-3-8(2)6-15-10-5-12-11(4-9(10)14)16-13(17)7-18-12/h4-5,8,15H,3,6-7H2,1-2H3,(H,16,17). The maximum Gasteiger partial charge on any atom is 0.262 e. The first-order valence-electron chi connectivity index (χ1n) is 6.10. The number of rotatable bonds is 4. The minimum atomic E-state index is -0.154. The smallest absolute Gasteiger partial charge is 0.262 e. The maximum absolute atomic E-state index is 11.2. The van der Waals surface area contributed by atoms with Gasteiger partial charge in [0.05, 0.1) is 16.4 Å². The molecular weight excluding hydrogens is 252 g/mol. The number of ether oxygens (including phenoxy) is 1. The second kappa shape index (κ2) is 5.48. The zero-order valence-corrected chi connectivity index (χ0v) is 11.3. The number of carbonyl (C=O) groups excluding carboxylic acids is 1. The van der Waals surface area contributed by atoms with Gasteiger partial charge >= 0.3 is 0 Å². The van der Waals surface area contributed by atoms with Crippen molar-refractivity contribution in [3.8, 4) is 5.75 Å². The van der Waals surface area contributed by atoms with Crippen molar-refractivity contribution >= 4 is 28.9 Å². The van der Waals surface area contributed by atoms with Gasteiger partial charge in [-0.3, -0.25) is 4.79 Å². The topological polar surface area (TPSA) is 50.4 Å². The maximum atomic E-state index is 11.2. The normalized spacial score (nSPS) is 15.4. The van der Waals surface area contributed by atoms with E-state index in [0.717, 1.165) is 18.7 Å². The molecule has 0 radical (unpaired) electrons. The Labute approximate surface area is 112 Å². The summed E-state index contributed by atoms with van der Waals surface area (Å²) in [4.78, 5) is 11.2. The van der Waals surface area contributed by atoms with Gasteiger partial charge in [-0.1, -0.05) is 31.9 Å². The van der Waals surface area contributed by atoms with E-state index in [-0.39, 0.29) is 12.5 Å². The molecule has 1 amide bonds. The van der Waals surface area contributed by atoms with Crippen LogP contribution in [-0.2, 0) is 4.79 Å². The van der Waals surface area contributed by atoms with E-state index >= 15 is 0 Å². The molecule has 0 bridgehead atoms. The van der Waals surface area contributed by atoms with Gasteiger partial charge in [-0.15, -0.1) is 0 Å². The largest absolute Gasteiger partial charge is 0.482 e. The van der Waals surface area contributed by atoms with Crippen molar-refractivity contribution in [3.63, 3.8) is 0 Å². The lowest BCUT2D eigenvalue weighted by atomic mass is 10.1. The highest BCUT2D eigenvalue weighted by Gasteiger charge is 2.18. The van der Waals surface area contributed by atoms with E-state index in [1.807, 2.05) is 6.07 Å². The Morgan fingerprint density at radius 3 is 3.06 bits per heavy atom. The van der Waals surface area contributed by atoms with Gasteiger partial charge < -0.3 is 15.4 Å². The average Bonchev–Trinajstić information content (AvgIpc) is 2.35. The Morgan fingerprint density at radius 2 is 2.33 bits per heavy atom. The van der Waals surface area contributed by atoms with Crippen LogP contribution in [0.2, 0.25) is 5.02 Å². The molecule has 5 heteroatoms. The number of fused-ring (bicyclic) bond motifs is 1. The van der Waals surface area contributed by atoms with Crippen LogP contribution in [-0.4, -0.2) is 19.1 Å². The zero-order chi connectivity index (χ0) is 13.1. The monoisotopic (exact) mass is 268 g/mol. The summed E-state index contributed by atoms with van der Waals surface area (Å²) in [6.07, 6.45) is 1.11. The highest BCUT2D eigenvalue weighted by atomic mass is 35.5. The van der Waals surface area contributed by atoms with Crippen LogP contribution in [0.3, 0.4) is 0 Å². The predicted octanol–water partition coefficient (Wildman–Crippen LogP) is 3.13. The number of carbonyl (C=O) groups is 1. The number of benzene rings is 1. The molecule has 1 aliphatic rings. The van der Waals surface area contributed by atoms with Crippen LogP contribution in [0.4, 0.5) is 11.4 Å². The molecule has 0 spiro atoms. The molecule has 0 saturated heterocycles. The highest BCUT2D eigenvalue weighted by molar-refractivity contribution is 6.33. The molecule has 0 fully saturated rings. The Balaban J connectivity index is 2.15. The summed E-state index contributed by atoms with van der Waals surface area (Å²) < 4.78 is 5.35. The van der Waals surface area contributed by atoms with E-state index in [9.17, 15) is 4.79 Å². The van der Waals surface area contributed by atoms with Crippen molar-refractivity contribution in [1.29, 1.82) is 0 Å². The van der Waals surface area contributed by atoms with E-state index in [1.165, 1.54) is 0 Å². The number of amides is 1. The van der Waals surface area contributed by atoms with Crippen molar-refractivity contribution < 1.29 is 9.53 Å². The van der Waals surface area contributed by atoms with Crippen molar-refractivity contribution in [2.45, 2.75) is 20.3 Å². The molecule has 0 saturated carbocycles. The van der Waals surface area contributed by atoms with E-state index < -0.39 is 0 Å². The first kappa shape index (κ1) is 13.0. The summed E-state index contributed by atoms with van der Waals surface area (Å²) in [5.74, 6) is 1.09. The van der Waals surface area contributed by atoms with Crippen LogP contribution in [0.1, 0.15) is 20.3 Å². The van der Waals surface area contributed by atoms with Gasteiger partial charge in [0, 0.05) is 12.6 Å². The third kappa shape index (κ3) is 2.88. The van der Waals surface area contributed by atoms with Gasteiger partial charge in [-0.25, -0.2) is 0 Å². The first-order chi connectivity index (χ1) is 8.60. The Kier molecular flexibility index (Phi) is 3.97. The molecule has 98 valence electrons. The molecule has 0 aliphatic carbocycles. The summed E-state index contributed by atoms with van der Waals surface area (Å²) in [6, 6.07) is 3.55. The molecule has 1 aromatic rings. The molecule has 1 aromatic carbocycles. The highest BCUT2D eigenvalue weighted by Crippen LogP contribution is 2.36. The van der Waals surface area contributed by atoms with Gasteiger partial charge in [-0.05, 0) is 12.0 Å². The third-order valence-electron chi connectivity index (χ3n) is 3.04. The minimum Gasteiger partial charge on any atom is -0.482 e. The summed E-state index contributed by atoms with van der Waals surface area (Å²) in [5.41, 5.74) is 1.47. The summed E-state index contributed by atoms with van der Waals surface area (Å²) in [6.45, 7) is 5.25. The van der Waals surface area contributed by atoms with Gasteiger partial charge in [0.15, 0.2) is 6.61 Å². The van der Waals surface area contributed by atoms with Crippen LogP contribution < -0.4 is 15.4 Å². The quantitative estimate of drug-likeness (QED) is 0.882. The van der Waals surface area contributed by atoms with Crippen LogP contribution in [0.25, 0.3) is 0 Å². The lowest BCUT2D eigenvalue weighted by molar-refractivity contribution is -0.118. The van der Waals surface area contributed by atoms with Gasteiger partial charge in [0.1, 0.15) is 5.75 Å². The second-order valence-electron chi connectivity index (χ2n) is 4.56. The van der Waals surface area contributed by atoms with E-state index in [0.29, 0.717) is 22.4 Å². The SMILES string of the molecule is CCC(C)CNc1cc2c(cc1Cl)NC(=O)CO2. The minimum absolute atomic E-state index is 0.0550. The first-order valence-corrected chi connectivity index (χ1v) is 6.48. The van der Waals surface area contributed by atoms with Gasteiger partial charge in [0.2, 0.25) is 0 Å². The molecule has 2 N–H and O–H groups in total. The number of hydrogen-bond donors (Lipinski definition) is 2. The average molecular weight is 269 g/mol. The molecule has 1 aliphatic heterocycles. The van der Waals surface area contributed by atoms with Crippen molar-refractivity contribution in [1.82, 2.24) is 0 Å². The van der Waals surface area contributed by atoms with E-state index in [1.54, 1.807) is 6.07 Å². The molecule has 1 unspecified atom stereocenters. The van der Waals surface area contributed by atoms with Crippen LogP contribution in [0, 0.1) is 5.92 Å². The molecule has 2 rings (SSSR count). The van der Waals surface area contributed by atoms with E-state index in [2.05, 4.69) is 24.5 Å². The third-order valence-corrected chi connectivity index (χ3v) is 3.35. The van der Waals surface area contributed by atoms with Crippen LogP contribution in [0.15, 0.2) is 12.1 Å². The Bertz CT molecular complexity index is 463. The van der Waals surface area contributed by atoms with Crippen molar-refractivity contribution in [3.05, 3.63) is 17.2 Å². The molecular formula is C13H17ClN2O2. The van der Waals surface area contributed by atoms with Crippen molar-refractivity contribution in [2.24, 2.45) is 5.92 Å². The fourth-order valence-corrected chi connectivity index (χ4v) is 1.89. The second-order valence-corrected chi connectivity index (χ2v) is 4.97. The molecule has 0 aromatic heterocycles. The number of hydrogen-bond acceptors (Lipinski definition) is 3. The fourth-order valence-electron chi connectivity index (χ4n) is 1.66. The lowest BCUT2D eigenvalue weighted by Gasteiger charge is -2.20. The number of anilines is 2. The molecule has 18 heavy (non-hydrogen) atoms. The summed E-state index contributed by atoms with van der Waals surface area (Å²) in [5, 5.41) is 6.61. The Morgan fingerprint density at radius 1 is 1.56 bits per heavy atom. The lowest BCUT2D eigenvalue weighted by Crippen LogP contribution is -2.25. The summed E-state index contributed by atoms with van der Waals surface area (Å²) >= 11 is 6.17. The summed E-state index contributed by atoms with van der Waals surface area (Å²) in [7, 11) is 0. The Hall–Kier alpha value is -1.42. The van der Waals surface area contributed by atoms with Gasteiger partial charge in [0.25, 0.3) is 5.91 Å². The molecule has 4 nitrogen and oxygen atoms in total. The van der Waals surface area contributed by atoms with Crippen LogP contribution >= 0.6 is 11.6 Å². The van der Waals surface area contributed by atoms with Crippen LogP contribution in [0.5, 0.6) is 5.75 Å². The van der Waals surface area contributed by atoms with E-state index in [4.69, 9.17) is 16.3 Å². The van der Waals surface area contributed by atoms with Gasteiger partial charge in [-0.2, -0.15) is 0 Å². The fraction of sp³-hybridized carbons (Fsp3) is 0.462. The number of halogens is 1.